The highest BCUT2D eigenvalue weighted by Crippen LogP contribution is 2.37. The predicted molar refractivity (Wildman–Crippen MR) is 88.6 cm³/mol. The summed E-state index contributed by atoms with van der Waals surface area (Å²) in [7, 11) is 0. The van der Waals surface area contributed by atoms with E-state index < -0.39 is 0 Å². The maximum Gasteiger partial charge on any atom is 0.186 e. The summed E-state index contributed by atoms with van der Waals surface area (Å²) < 4.78 is 0. The molecule has 2 aromatic rings. The Balaban J connectivity index is 1.60. The molecule has 2 fully saturated rings. The Labute approximate surface area is 134 Å². The summed E-state index contributed by atoms with van der Waals surface area (Å²) in [6.07, 6.45) is 6.72. The van der Waals surface area contributed by atoms with Gasteiger partial charge in [0.25, 0.3) is 0 Å². The number of nitrogens with zero attached hydrogens (tertiary/aromatic N) is 4. The van der Waals surface area contributed by atoms with Gasteiger partial charge in [0.1, 0.15) is 0 Å². The summed E-state index contributed by atoms with van der Waals surface area (Å²) in [6.45, 7) is 2.82. The number of aromatic nitrogens is 1. The average molecular weight is 310 g/mol. The standard InChI is InChI=1S/C17H18N4S/c18-12-20-10-14-7-4-8-21(15(14)11-20)17-19-9-16(22-17)13-5-2-1-3-6-13/h1-3,5-6,9,14-15H,4,7-8,10-11H2. The van der Waals surface area contributed by atoms with Crippen LogP contribution in [0.15, 0.2) is 36.5 Å². The molecule has 1 aromatic carbocycles. The van der Waals surface area contributed by atoms with Gasteiger partial charge in [-0.25, -0.2) is 4.98 Å². The molecule has 1 aromatic heterocycles. The molecule has 2 unspecified atom stereocenters. The monoisotopic (exact) mass is 310 g/mol. The molecule has 112 valence electrons. The fourth-order valence-electron chi connectivity index (χ4n) is 3.63. The van der Waals surface area contributed by atoms with Crippen LogP contribution in [0.2, 0.25) is 0 Å². The second-order valence-electron chi connectivity index (χ2n) is 6.04. The summed E-state index contributed by atoms with van der Waals surface area (Å²) in [6, 6.07) is 10.9. The highest BCUT2D eigenvalue weighted by molar-refractivity contribution is 7.18. The summed E-state index contributed by atoms with van der Waals surface area (Å²) in [4.78, 5) is 10.2. The quantitative estimate of drug-likeness (QED) is 0.799. The zero-order valence-electron chi connectivity index (χ0n) is 12.4. The van der Waals surface area contributed by atoms with Crippen molar-refractivity contribution in [1.29, 1.82) is 5.26 Å². The third-order valence-corrected chi connectivity index (χ3v) is 5.80. The average Bonchev–Trinajstić information content (AvgIpc) is 3.22. The van der Waals surface area contributed by atoms with Gasteiger partial charge in [-0.1, -0.05) is 41.7 Å². The Morgan fingerprint density at radius 1 is 1.23 bits per heavy atom. The SMILES string of the molecule is N#CN1CC2CCCN(c3ncc(-c4ccccc4)s3)C2C1. The van der Waals surface area contributed by atoms with Gasteiger partial charge in [0, 0.05) is 25.8 Å². The highest BCUT2D eigenvalue weighted by atomic mass is 32.1. The van der Waals surface area contributed by atoms with Crippen LogP contribution in [0, 0.1) is 17.4 Å². The summed E-state index contributed by atoms with van der Waals surface area (Å²) in [5.74, 6) is 0.609. The molecule has 2 aliphatic heterocycles. The minimum absolute atomic E-state index is 0.447. The Morgan fingerprint density at radius 3 is 2.91 bits per heavy atom. The topological polar surface area (TPSA) is 43.2 Å². The lowest BCUT2D eigenvalue weighted by atomic mass is 9.92. The molecule has 0 aliphatic carbocycles. The molecule has 2 atom stereocenters. The molecule has 0 radical (unpaired) electrons. The van der Waals surface area contributed by atoms with Crippen molar-refractivity contribution in [2.24, 2.45) is 5.92 Å². The van der Waals surface area contributed by atoms with E-state index in [0.29, 0.717) is 12.0 Å². The molecular weight excluding hydrogens is 292 g/mol. The van der Waals surface area contributed by atoms with E-state index >= 15 is 0 Å². The number of thiazole rings is 1. The number of hydrogen-bond acceptors (Lipinski definition) is 5. The molecule has 0 spiro atoms. The summed E-state index contributed by atoms with van der Waals surface area (Å²) in [5, 5.41) is 10.3. The first-order valence-corrected chi connectivity index (χ1v) is 8.59. The van der Waals surface area contributed by atoms with Crippen LogP contribution >= 0.6 is 11.3 Å². The molecule has 4 rings (SSSR count). The van der Waals surface area contributed by atoms with E-state index in [2.05, 4.69) is 40.3 Å². The van der Waals surface area contributed by atoms with Crippen molar-refractivity contribution in [3.05, 3.63) is 36.5 Å². The maximum atomic E-state index is 9.17. The molecule has 2 aliphatic rings. The van der Waals surface area contributed by atoms with E-state index in [0.717, 1.165) is 24.8 Å². The van der Waals surface area contributed by atoms with Gasteiger partial charge in [-0.3, -0.25) is 0 Å². The summed E-state index contributed by atoms with van der Waals surface area (Å²) in [5.41, 5.74) is 1.23. The van der Waals surface area contributed by atoms with E-state index in [1.165, 1.54) is 23.3 Å². The van der Waals surface area contributed by atoms with E-state index in [1.807, 2.05) is 17.2 Å². The smallest absolute Gasteiger partial charge is 0.186 e. The minimum Gasteiger partial charge on any atom is -0.343 e. The van der Waals surface area contributed by atoms with E-state index in [-0.39, 0.29) is 0 Å². The lowest BCUT2D eigenvalue weighted by Crippen LogP contribution is -2.45. The second-order valence-corrected chi connectivity index (χ2v) is 7.05. The van der Waals surface area contributed by atoms with E-state index in [9.17, 15) is 0 Å². The van der Waals surface area contributed by atoms with Gasteiger partial charge in [-0.05, 0) is 24.3 Å². The van der Waals surface area contributed by atoms with Crippen LogP contribution in [0.5, 0.6) is 0 Å². The molecule has 0 N–H and O–H groups in total. The van der Waals surface area contributed by atoms with E-state index in [4.69, 9.17) is 5.26 Å². The van der Waals surface area contributed by atoms with Crippen LogP contribution in [-0.2, 0) is 0 Å². The van der Waals surface area contributed by atoms with Crippen molar-refractivity contribution in [3.8, 4) is 16.6 Å². The number of anilines is 1. The minimum atomic E-state index is 0.447. The lowest BCUT2D eigenvalue weighted by molar-refractivity contribution is 0.380. The van der Waals surface area contributed by atoms with Crippen LogP contribution in [-0.4, -0.2) is 35.6 Å². The van der Waals surface area contributed by atoms with Gasteiger partial charge in [-0.2, -0.15) is 5.26 Å². The Kier molecular flexibility index (Phi) is 3.47. The number of hydrogen-bond donors (Lipinski definition) is 0. The molecule has 2 saturated heterocycles. The van der Waals surface area contributed by atoms with Gasteiger partial charge in [0.2, 0.25) is 0 Å². The van der Waals surface area contributed by atoms with Gasteiger partial charge >= 0.3 is 0 Å². The Morgan fingerprint density at radius 2 is 2.09 bits per heavy atom. The molecule has 4 nitrogen and oxygen atoms in total. The van der Waals surface area contributed by atoms with Crippen molar-refractivity contribution in [1.82, 2.24) is 9.88 Å². The van der Waals surface area contributed by atoms with Crippen LogP contribution in [0.1, 0.15) is 12.8 Å². The Bertz CT molecular complexity index is 690. The second kappa shape index (κ2) is 5.62. The Hall–Kier alpha value is -2.06. The van der Waals surface area contributed by atoms with Crippen LogP contribution in [0.4, 0.5) is 5.13 Å². The fraction of sp³-hybridized carbons (Fsp3) is 0.412. The first-order valence-electron chi connectivity index (χ1n) is 7.78. The van der Waals surface area contributed by atoms with Crippen LogP contribution in [0.25, 0.3) is 10.4 Å². The van der Waals surface area contributed by atoms with Gasteiger partial charge < -0.3 is 9.80 Å². The molecular formula is C17H18N4S. The van der Waals surface area contributed by atoms with Crippen molar-refractivity contribution < 1.29 is 0 Å². The molecule has 3 heterocycles. The number of nitriles is 1. The van der Waals surface area contributed by atoms with Crippen molar-refractivity contribution in [2.75, 3.05) is 24.5 Å². The van der Waals surface area contributed by atoms with Crippen molar-refractivity contribution in [3.63, 3.8) is 0 Å². The number of rotatable bonds is 2. The number of likely N-dealkylation sites (tertiary alicyclic amines) is 1. The third-order valence-electron chi connectivity index (χ3n) is 4.72. The predicted octanol–water partition coefficient (Wildman–Crippen LogP) is 3.19. The zero-order valence-corrected chi connectivity index (χ0v) is 13.2. The lowest BCUT2D eigenvalue weighted by Gasteiger charge is -2.36. The third kappa shape index (κ3) is 2.34. The first-order chi connectivity index (χ1) is 10.8. The van der Waals surface area contributed by atoms with E-state index in [1.54, 1.807) is 11.3 Å². The van der Waals surface area contributed by atoms with Gasteiger partial charge in [-0.15, -0.1) is 0 Å². The van der Waals surface area contributed by atoms with Crippen LogP contribution < -0.4 is 4.90 Å². The van der Waals surface area contributed by atoms with Crippen molar-refractivity contribution in [2.45, 2.75) is 18.9 Å². The van der Waals surface area contributed by atoms with Gasteiger partial charge in [0.15, 0.2) is 11.3 Å². The molecule has 0 amide bonds. The molecule has 0 saturated carbocycles. The molecule has 5 heteroatoms. The molecule has 0 bridgehead atoms. The fourth-order valence-corrected chi connectivity index (χ4v) is 4.64. The molecule has 22 heavy (non-hydrogen) atoms. The zero-order chi connectivity index (χ0) is 14.9. The van der Waals surface area contributed by atoms with Crippen LogP contribution in [0.3, 0.4) is 0 Å². The first kappa shape index (κ1) is 13.6. The summed E-state index contributed by atoms with van der Waals surface area (Å²) >= 11 is 1.76. The van der Waals surface area contributed by atoms with Crippen molar-refractivity contribution >= 4 is 16.5 Å². The number of piperidine rings is 1. The number of fused-ring (bicyclic) bond motifs is 1. The largest absolute Gasteiger partial charge is 0.343 e. The maximum absolute atomic E-state index is 9.17. The normalized spacial score (nSPS) is 24.1. The number of benzene rings is 1. The van der Waals surface area contributed by atoms with Gasteiger partial charge in [0.05, 0.1) is 10.9 Å². The highest BCUT2D eigenvalue weighted by Gasteiger charge is 2.39.